The first-order chi connectivity index (χ1) is 10.6. The van der Waals surface area contributed by atoms with E-state index in [1.807, 2.05) is 6.07 Å². The van der Waals surface area contributed by atoms with E-state index >= 15 is 0 Å². The van der Waals surface area contributed by atoms with Crippen molar-refractivity contribution in [3.05, 3.63) is 65.7 Å². The fraction of sp³-hybridized carbons (Fsp3) is 0.118. The standard InChI is InChI=1S/C17H14N2O3/c1-12(22-17(21)13-7-3-2-4-8-13)16(20)19-15-10-6-5-9-14(15)11-18/h2-10,12H,1H3,(H,19,20)/t12-/m0/s1. The summed E-state index contributed by atoms with van der Waals surface area (Å²) in [6, 6.07) is 17.0. The smallest absolute Gasteiger partial charge is 0.338 e. The number of ether oxygens (including phenoxy) is 1. The summed E-state index contributed by atoms with van der Waals surface area (Å²) in [7, 11) is 0. The molecule has 5 nitrogen and oxygen atoms in total. The van der Waals surface area contributed by atoms with E-state index in [0.717, 1.165) is 0 Å². The van der Waals surface area contributed by atoms with Crippen molar-refractivity contribution >= 4 is 17.6 Å². The summed E-state index contributed by atoms with van der Waals surface area (Å²) in [4.78, 5) is 23.9. The highest BCUT2D eigenvalue weighted by Crippen LogP contribution is 2.14. The average Bonchev–Trinajstić information content (AvgIpc) is 2.56. The van der Waals surface area contributed by atoms with E-state index in [0.29, 0.717) is 16.8 Å². The third-order valence-corrected chi connectivity index (χ3v) is 2.97. The first-order valence-electron chi connectivity index (χ1n) is 6.68. The number of benzene rings is 2. The number of rotatable bonds is 4. The molecule has 0 saturated heterocycles. The molecule has 0 radical (unpaired) electrons. The van der Waals surface area contributed by atoms with Gasteiger partial charge in [0, 0.05) is 0 Å². The van der Waals surface area contributed by atoms with Gasteiger partial charge in [-0.3, -0.25) is 4.79 Å². The van der Waals surface area contributed by atoms with Crippen molar-refractivity contribution in [3.8, 4) is 6.07 Å². The Morgan fingerprint density at radius 2 is 1.73 bits per heavy atom. The molecule has 0 aromatic heterocycles. The van der Waals surface area contributed by atoms with Gasteiger partial charge in [0.2, 0.25) is 0 Å². The SMILES string of the molecule is C[C@H](OC(=O)c1ccccc1)C(=O)Nc1ccccc1C#N. The van der Waals surface area contributed by atoms with Crippen molar-refractivity contribution < 1.29 is 14.3 Å². The maximum atomic E-state index is 12.0. The van der Waals surface area contributed by atoms with Gasteiger partial charge in [-0.15, -0.1) is 0 Å². The number of nitrogens with zero attached hydrogens (tertiary/aromatic N) is 1. The molecule has 1 N–H and O–H groups in total. The molecule has 2 rings (SSSR count). The normalized spacial score (nSPS) is 11.1. The molecule has 5 heteroatoms. The Morgan fingerprint density at radius 3 is 2.41 bits per heavy atom. The highest BCUT2D eigenvalue weighted by atomic mass is 16.5. The largest absolute Gasteiger partial charge is 0.449 e. The molecule has 110 valence electrons. The van der Waals surface area contributed by atoms with Gasteiger partial charge in [0.1, 0.15) is 6.07 Å². The van der Waals surface area contributed by atoms with Crippen LogP contribution in [0.15, 0.2) is 54.6 Å². The van der Waals surface area contributed by atoms with E-state index in [1.165, 1.54) is 6.92 Å². The minimum atomic E-state index is -0.973. The maximum Gasteiger partial charge on any atom is 0.338 e. The lowest BCUT2D eigenvalue weighted by Gasteiger charge is -2.14. The number of carbonyl (C=O) groups is 2. The van der Waals surface area contributed by atoms with Gasteiger partial charge in [0.15, 0.2) is 6.10 Å². The van der Waals surface area contributed by atoms with Crippen LogP contribution in [0.1, 0.15) is 22.8 Å². The summed E-state index contributed by atoms with van der Waals surface area (Å²) in [5.74, 6) is -1.07. The topological polar surface area (TPSA) is 79.2 Å². The summed E-state index contributed by atoms with van der Waals surface area (Å²) in [5.41, 5.74) is 1.11. The molecule has 0 aliphatic rings. The predicted molar refractivity (Wildman–Crippen MR) is 81.1 cm³/mol. The molecule has 0 aliphatic carbocycles. The summed E-state index contributed by atoms with van der Waals surface area (Å²) in [6.07, 6.45) is -0.973. The molecule has 2 aromatic rings. The molecule has 22 heavy (non-hydrogen) atoms. The summed E-state index contributed by atoms with van der Waals surface area (Å²) >= 11 is 0. The Labute approximate surface area is 128 Å². The molecular weight excluding hydrogens is 280 g/mol. The van der Waals surface area contributed by atoms with Crippen LogP contribution in [0.4, 0.5) is 5.69 Å². The molecule has 0 heterocycles. The highest BCUT2D eigenvalue weighted by Gasteiger charge is 2.19. The molecule has 1 amide bonds. The number of para-hydroxylation sites is 1. The molecule has 0 saturated carbocycles. The molecule has 0 bridgehead atoms. The number of esters is 1. The van der Waals surface area contributed by atoms with Crippen molar-refractivity contribution in [2.24, 2.45) is 0 Å². The number of hydrogen-bond acceptors (Lipinski definition) is 4. The molecule has 0 fully saturated rings. The van der Waals surface area contributed by atoms with Crippen molar-refractivity contribution in [2.45, 2.75) is 13.0 Å². The van der Waals surface area contributed by atoms with Crippen LogP contribution in [0.5, 0.6) is 0 Å². The van der Waals surface area contributed by atoms with E-state index in [9.17, 15) is 9.59 Å². The molecule has 0 aliphatic heterocycles. The Morgan fingerprint density at radius 1 is 1.09 bits per heavy atom. The second-order valence-corrected chi connectivity index (χ2v) is 4.56. The van der Waals surface area contributed by atoms with Crippen molar-refractivity contribution in [1.29, 1.82) is 5.26 Å². The van der Waals surface area contributed by atoms with Crippen LogP contribution >= 0.6 is 0 Å². The second kappa shape index (κ2) is 7.04. The maximum absolute atomic E-state index is 12.0. The van der Waals surface area contributed by atoms with E-state index in [4.69, 9.17) is 10.00 Å². The van der Waals surface area contributed by atoms with Gasteiger partial charge in [-0.25, -0.2) is 4.79 Å². The fourth-order valence-electron chi connectivity index (χ4n) is 1.78. The minimum Gasteiger partial charge on any atom is -0.449 e. The first kappa shape index (κ1) is 15.3. The molecular formula is C17H14N2O3. The number of carbonyl (C=O) groups excluding carboxylic acids is 2. The molecule has 2 aromatic carbocycles. The van der Waals surface area contributed by atoms with Crippen LogP contribution in [0.25, 0.3) is 0 Å². The Kier molecular flexibility index (Phi) is 4.89. The van der Waals surface area contributed by atoms with Gasteiger partial charge < -0.3 is 10.1 Å². The van der Waals surface area contributed by atoms with E-state index in [2.05, 4.69) is 5.32 Å². The first-order valence-corrected chi connectivity index (χ1v) is 6.68. The van der Waals surface area contributed by atoms with Crippen LogP contribution < -0.4 is 5.32 Å². The lowest BCUT2D eigenvalue weighted by atomic mass is 10.2. The highest BCUT2D eigenvalue weighted by molar-refractivity contribution is 5.98. The van der Waals surface area contributed by atoms with Gasteiger partial charge >= 0.3 is 5.97 Å². The quantitative estimate of drug-likeness (QED) is 0.879. The lowest BCUT2D eigenvalue weighted by Crippen LogP contribution is -2.30. The zero-order chi connectivity index (χ0) is 15.9. The van der Waals surface area contributed by atoms with E-state index < -0.39 is 18.0 Å². The molecule has 0 spiro atoms. The Balaban J connectivity index is 2.01. The summed E-state index contributed by atoms with van der Waals surface area (Å²) in [5, 5.41) is 11.6. The van der Waals surface area contributed by atoms with E-state index in [1.54, 1.807) is 54.6 Å². The van der Waals surface area contributed by atoms with Crippen molar-refractivity contribution in [2.75, 3.05) is 5.32 Å². The van der Waals surface area contributed by atoms with Gasteiger partial charge in [-0.1, -0.05) is 30.3 Å². The van der Waals surface area contributed by atoms with Crippen LogP contribution in [0.2, 0.25) is 0 Å². The van der Waals surface area contributed by atoms with Crippen molar-refractivity contribution in [3.63, 3.8) is 0 Å². The van der Waals surface area contributed by atoms with Crippen molar-refractivity contribution in [1.82, 2.24) is 0 Å². The number of anilines is 1. The van der Waals surface area contributed by atoms with Crippen LogP contribution in [0, 0.1) is 11.3 Å². The van der Waals surface area contributed by atoms with Gasteiger partial charge in [-0.2, -0.15) is 5.26 Å². The zero-order valence-corrected chi connectivity index (χ0v) is 11.9. The Hall–Kier alpha value is -3.13. The zero-order valence-electron chi connectivity index (χ0n) is 11.9. The van der Waals surface area contributed by atoms with E-state index in [-0.39, 0.29) is 0 Å². The average molecular weight is 294 g/mol. The molecule has 1 atom stereocenters. The number of hydrogen-bond donors (Lipinski definition) is 1. The van der Waals surface area contributed by atoms with Crippen LogP contribution in [0.3, 0.4) is 0 Å². The minimum absolute atomic E-state index is 0.345. The lowest BCUT2D eigenvalue weighted by molar-refractivity contribution is -0.123. The third-order valence-electron chi connectivity index (χ3n) is 2.97. The summed E-state index contributed by atoms with van der Waals surface area (Å²) < 4.78 is 5.11. The van der Waals surface area contributed by atoms with Crippen LogP contribution in [-0.4, -0.2) is 18.0 Å². The number of nitriles is 1. The predicted octanol–water partition coefficient (Wildman–Crippen LogP) is 2.74. The third kappa shape index (κ3) is 3.70. The van der Waals surface area contributed by atoms with Gasteiger partial charge in [-0.05, 0) is 31.2 Å². The second-order valence-electron chi connectivity index (χ2n) is 4.56. The Bertz CT molecular complexity index is 720. The number of nitrogens with one attached hydrogen (secondary N) is 1. The van der Waals surface area contributed by atoms with Crippen LogP contribution in [-0.2, 0) is 9.53 Å². The molecule has 0 unspecified atom stereocenters. The summed E-state index contributed by atoms with van der Waals surface area (Å²) in [6.45, 7) is 1.48. The monoisotopic (exact) mass is 294 g/mol. The number of amides is 1. The fourth-order valence-corrected chi connectivity index (χ4v) is 1.78. The van der Waals surface area contributed by atoms with Gasteiger partial charge in [0.05, 0.1) is 16.8 Å². The van der Waals surface area contributed by atoms with Gasteiger partial charge in [0.25, 0.3) is 5.91 Å².